The molecule has 1 amide bonds. The van der Waals surface area contributed by atoms with Gasteiger partial charge < -0.3 is 18.9 Å². The van der Waals surface area contributed by atoms with E-state index in [0.717, 1.165) is 30.1 Å². The number of benzene rings is 2. The molecule has 0 unspecified atom stereocenters. The van der Waals surface area contributed by atoms with Crippen molar-refractivity contribution in [1.82, 2.24) is 5.01 Å². The third kappa shape index (κ3) is 6.26. The van der Waals surface area contributed by atoms with Gasteiger partial charge in [-0.05, 0) is 72.6 Å². The Kier molecular flexibility index (Phi) is 8.73. The van der Waals surface area contributed by atoms with Crippen LogP contribution in [0.2, 0.25) is 5.02 Å². The number of hydrazone groups is 1. The number of hydrogen-bond acceptors (Lipinski definition) is 8. The first-order chi connectivity index (χ1) is 17.9. The Balaban J connectivity index is 1.45. The minimum Gasteiger partial charge on any atom is -0.497 e. The minimum atomic E-state index is -0.498. The second-order valence-electron chi connectivity index (χ2n) is 8.02. The van der Waals surface area contributed by atoms with Gasteiger partial charge in [-0.15, -0.1) is 0 Å². The highest BCUT2D eigenvalue weighted by Crippen LogP contribution is 2.38. The number of fused-ring (bicyclic) bond motifs is 1. The van der Waals surface area contributed by atoms with Gasteiger partial charge in [0.25, 0.3) is 5.91 Å². The summed E-state index contributed by atoms with van der Waals surface area (Å²) in [5.74, 6) is 1.65. The monoisotopic (exact) mass is 542 g/mol. The van der Waals surface area contributed by atoms with E-state index in [1.165, 1.54) is 23.9 Å². The third-order valence-corrected chi connectivity index (χ3v) is 6.71. The molecule has 0 aromatic heterocycles. The number of halogens is 1. The number of rotatable bonds is 11. The number of amidine groups is 2. The van der Waals surface area contributed by atoms with Crippen molar-refractivity contribution < 1.29 is 23.7 Å². The van der Waals surface area contributed by atoms with E-state index in [-0.39, 0.29) is 24.6 Å². The molecule has 2 heterocycles. The van der Waals surface area contributed by atoms with E-state index in [9.17, 15) is 4.79 Å². The Morgan fingerprint density at radius 1 is 1.08 bits per heavy atom. The van der Waals surface area contributed by atoms with E-state index in [2.05, 4.69) is 17.0 Å². The van der Waals surface area contributed by atoms with Crippen LogP contribution in [0.1, 0.15) is 31.7 Å². The SMILES string of the molecule is CCCCC1=NN2C(=N)/C(=C/c3cc(Cl)c(OCCOc4ccc(OC)cc4)c(OC)c3)C(=O)N=C2S1. The zero-order valence-electron chi connectivity index (χ0n) is 20.7. The molecule has 0 fully saturated rings. The van der Waals surface area contributed by atoms with Crippen LogP contribution >= 0.6 is 23.4 Å². The number of thioether (sulfide) groups is 1. The highest BCUT2D eigenvalue weighted by molar-refractivity contribution is 8.26. The lowest BCUT2D eigenvalue weighted by Gasteiger charge is -2.20. The molecule has 194 valence electrons. The number of amides is 1. The molecule has 2 aromatic rings. The Hall–Kier alpha value is -3.50. The third-order valence-electron chi connectivity index (χ3n) is 5.46. The summed E-state index contributed by atoms with van der Waals surface area (Å²) in [7, 11) is 3.11. The van der Waals surface area contributed by atoms with Gasteiger partial charge in [-0.2, -0.15) is 15.1 Å². The fourth-order valence-electron chi connectivity index (χ4n) is 3.57. The van der Waals surface area contributed by atoms with E-state index < -0.39 is 5.91 Å². The lowest BCUT2D eigenvalue weighted by Crippen LogP contribution is -2.35. The fraction of sp³-hybridized carbons (Fsp3) is 0.308. The summed E-state index contributed by atoms with van der Waals surface area (Å²) in [5, 5.41) is 16.0. The maximum atomic E-state index is 12.7. The van der Waals surface area contributed by atoms with Gasteiger partial charge in [-0.1, -0.05) is 24.9 Å². The summed E-state index contributed by atoms with van der Waals surface area (Å²) in [4.78, 5) is 16.8. The average Bonchev–Trinajstić information content (AvgIpc) is 3.31. The van der Waals surface area contributed by atoms with Crippen LogP contribution in [0.5, 0.6) is 23.0 Å². The standard InChI is InChI=1S/C26H27ClN4O5S/c1-4-5-6-22-30-31-24(28)19(25(32)29-26(31)37-22)13-16-14-20(27)23(21(15-16)34-3)36-12-11-35-18-9-7-17(33-2)8-10-18/h7-10,13-15,28H,4-6,11-12H2,1-3H3/b19-13-,28-24?. The zero-order chi connectivity index (χ0) is 26.4. The molecule has 1 N–H and O–H groups in total. The molecular weight excluding hydrogens is 516 g/mol. The second kappa shape index (κ2) is 12.2. The second-order valence-corrected chi connectivity index (χ2v) is 9.47. The maximum absolute atomic E-state index is 12.7. The number of methoxy groups -OCH3 is 2. The molecule has 0 saturated heterocycles. The van der Waals surface area contributed by atoms with Crippen LogP contribution in [0.15, 0.2) is 52.1 Å². The predicted octanol–water partition coefficient (Wildman–Crippen LogP) is 5.62. The Morgan fingerprint density at radius 2 is 1.81 bits per heavy atom. The summed E-state index contributed by atoms with van der Waals surface area (Å²) in [6.07, 6.45) is 4.36. The highest BCUT2D eigenvalue weighted by atomic mass is 35.5. The minimum absolute atomic E-state index is 0.0277. The normalized spacial score (nSPS) is 15.9. The largest absolute Gasteiger partial charge is 0.497 e. The molecule has 2 aliphatic heterocycles. The Bertz CT molecular complexity index is 1280. The van der Waals surface area contributed by atoms with E-state index in [0.29, 0.717) is 33.0 Å². The number of hydrogen-bond donors (Lipinski definition) is 1. The highest BCUT2D eigenvalue weighted by Gasteiger charge is 2.35. The number of ether oxygens (including phenoxy) is 4. The molecule has 2 aliphatic rings. The molecule has 0 radical (unpaired) electrons. The van der Waals surface area contributed by atoms with Gasteiger partial charge in [0.15, 0.2) is 17.3 Å². The number of unbranched alkanes of at least 4 members (excludes halogenated alkanes) is 1. The molecule has 0 atom stereocenters. The van der Waals surface area contributed by atoms with Gasteiger partial charge in [-0.3, -0.25) is 10.2 Å². The van der Waals surface area contributed by atoms with Gasteiger partial charge in [0.05, 0.1) is 24.8 Å². The van der Waals surface area contributed by atoms with E-state index in [1.807, 2.05) is 24.3 Å². The van der Waals surface area contributed by atoms with Crippen LogP contribution in [0.3, 0.4) is 0 Å². The first kappa shape index (κ1) is 26.6. The van der Waals surface area contributed by atoms with Crippen molar-refractivity contribution in [2.45, 2.75) is 26.2 Å². The molecule has 9 nitrogen and oxygen atoms in total. The van der Waals surface area contributed by atoms with Crippen LogP contribution in [0, 0.1) is 5.41 Å². The van der Waals surface area contributed by atoms with Crippen LogP contribution in [-0.2, 0) is 4.79 Å². The topological polar surface area (TPSA) is 106 Å². The first-order valence-electron chi connectivity index (χ1n) is 11.7. The number of carbonyl (C=O) groups is 1. The Morgan fingerprint density at radius 3 is 2.51 bits per heavy atom. The van der Waals surface area contributed by atoms with Gasteiger partial charge in [0.2, 0.25) is 5.17 Å². The van der Waals surface area contributed by atoms with Crippen molar-refractivity contribution in [1.29, 1.82) is 5.41 Å². The lowest BCUT2D eigenvalue weighted by atomic mass is 10.1. The van der Waals surface area contributed by atoms with Crippen molar-refractivity contribution in [3.8, 4) is 23.0 Å². The van der Waals surface area contributed by atoms with Crippen molar-refractivity contribution >= 4 is 51.4 Å². The predicted molar refractivity (Wildman–Crippen MR) is 147 cm³/mol. The van der Waals surface area contributed by atoms with Crippen LogP contribution in [-0.4, -0.2) is 54.4 Å². The van der Waals surface area contributed by atoms with Crippen molar-refractivity contribution in [3.05, 3.63) is 52.6 Å². The van der Waals surface area contributed by atoms with Crippen molar-refractivity contribution in [2.24, 2.45) is 10.1 Å². The molecule has 11 heteroatoms. The van der Waals surface area contributed by atoms with Gasteiger partial charge in [-0.25, -0.2) is 0 Å². The first-order valence-corrected chi connectivity index (χ1v) is 12.9. The maximum Gasteiger partial charge on any atom is 0.283 e. The van der Waals surface area contributed by atoms with Gasteiger partial charge in [0, 0.05) is 0 Å². The quantitative estimate of drug-likeness (QED) is 0.290. The van der Waals surface area contributed by atoms with Crippen molar-refractivity contribution in [2.75, 3.05) is 27.4 Å². The lowest BCUT2D eigenvalue weighted by molar-refractivity contribution is -0.114. The summed E-state index contributed by atoms with van der Waals surface area (Å²) in [6.45, 7) is 2.62. The number of carbonyl (C=O) groups excluding carboxylic acids is 1. The summed E-state index contributed by atoms with van der Waals surface area (Å²) >= 11 is 7.83. The smallest absolute Gasteiger partial charge is 0.283 e. The van der Waals surface area contributed by atoms with Gasteiger partial charge in [0.1, 0.15) is 29.8 Å². The number of nitrogens with one attached hydrogen (secondary N) is 1. The molecule has 0 spiro atoms. The molecule has 0 aliphatic carbocycles. The summed E-state index contributed by atoms with van der Waals surface area (Å²) in [6, 6.07) is 10.6. The van der Waals surface area contributed by atoms with E-state index in [1.54, 1.807) is 25.3 Å². The van der Waals surface area contributed by atoms with Crippen LogP contribution in [0.4, 0.5) is 0 Å². The van der Waals surface area contributed by atoms with E-state index in [4.69, 9.17) is 36.0 Å². The zero-order valence-corrected chi connectivity index (χ0v) is 22.3. The van der Waals surface area contributed by atoms with Crippen LogP contribution in [0.25, 0.3) is 6.08 Å². The molecule has 4 rings (SSSR count). The molecule has 37 heavy (non-hydrogen) atoms. The summed E-state index contributed by atoms with van der Waals surface area (Å²) < 4.78 is 22.1. The van der Waals surface area contributed by atoms with Crippen LogP contribution < -0.4 is 18.9 Å². The van der Waals surface area contributed by atoms with Crippen molar-refractivity contribution in [3.63, 3.8) is 0 Å². The Labute approximate surface area is 224 Å². The molecular formula is C26H27ClN4O5S. The fourth-order valence-corrected chi connectivity index (χ4v) is 4.77. The molecule has 0 bridgehead atoms. The van der Waals surface area contributed by atoms with Gasteiger partial charge >= 0.3 is 0 Å². The summed E-state index contributed by atoms with van der Waals surface area (Å²) in [5.41, 5.74) is 0.682. The number of nitrogens with zero attached hydrogens (tertiary/aromatic N) is 3. The molecule has 2 aromatic carbocycles. The average molecular weight is 543 g/mol. The molecule has 0 saturated carbocycles. The van der Waals surface area contributed by atoms with E-state index >= 15 is 0 Å². The number of aliphatic imine (C=N–C) groups is 1.